The highest BCUT2D eigenvalue weighted by molar-refractivity contribution is 5.98. The fourth-order valence-corrected chi connectivity index (χ4v) is 2.28. The van der Waals surface area contributed by atoms with Crippen LogP contribution in [-0.2, 0) is 6.54 Å². The summed E-state index contributed by atoms with van der Waals surface area (Å²) in [5, 5.41) is 0. The average Bonchev–Trinajstić information content (AvgIpc) is 2.94. The second-order valence-electron chi connectivity index (χ2n) is 4.94. The number of amides is 1. The second-order valence-corrected chi connectivity index (χ2v) is 4.94. The quantitative estimate of drug-likeness (QED) is 0.878. The Morgan fingerprint density at radius 2 is 1.95 bits per heavy atom. The van der Waals surface area contributed by atoms with Crippen molar-refractivity contribution in [3.05, 3.63) is 53.6 Å². The molecule has 5 heteroatoms. The lowest BCUT2D eigenvalue weighted by Gasteiger charge is -2.18. The fourth-order valence-electron chi connectivity index (χ4n) is 2.28. The molecule has 0 radical (unpaired) electrons. The van der Waals surface area contributed by atoms with Crippen LogP contribution in [0.3, 0.4) is 0 Å². The second kappa shape index (κ2) is 5.36. The maximum atomic E-state index is 12.4. The maximum absolute atomic E-state index is 12.4. The van der Waals surface area contributed by atoms with Crippen LogP contribution in [0.15, 0.2) is 42.5 Å². The Kier molecular flexibility index (Phi) is 3.39. The van der Waals surface area contributed by atoms with E-state index in [-0.39, 0.29) is 12.7 Å². The number of para-hydroxylation sites is 1. The number of anilines is 1. The Labute approximate surface area is 122 Å². The third-order valence-electron chi connectivity index (χ3n) is 3.39. The van der Waals surface area contributed by atoms with Crippen LogP contribution in [-0.4, -0.2) is 24.6 Å². The van der Waals surface area contributed by atoms with Crippen molar-refractivity contribution in [3.8, 4) is 11.5 Å². The van der Waals surface area contributed by atoms with Crippen LogP contribution in [0.25, 0.3) is 0 Å². The fraction of sp³-hybridized carbons (Fsp3) is 0.188. The normalized spacial score (nSPS) is 12.2. The van der Waals surface area contributed by atoms with Gasteiger partial charge in [0, 0.05) is 19.3 Å². The molecule has 0 bridgehead atoms. The number of fused-ring (bicyclic) bond motifs is 1. The minimum absolute atomic E-state index is 0.106. The van der Waals surface area contributed by atoms with Gasteiger partial charge in [-0.1, -0.05) is 18.2 Å². The number of rotatable bonds is 3. The highest BCUT2D eigenvalue weighted by atomic mass is 16.7. The summed E-state index contributed by atoms with van der Waals surface area (Å²) in [5.74, 6) is 1.35. The number of carbonyl (C=O) groups is 1. The Hall–Kier alpha value is -2.69. The van der Waals surface area contributed by atoms with Crippen LogP contribution in [0, 0.1) is 0 Å². The smallest absolute Gasteiger partial charge is 0.255 e. The van der Waals surface area contributed by atoms with E-state index in [9.17, 15) is 4.79 Å². The molecule has 1 aliphatic rings. The van der Waals surface area contributed by atoms with Crippen LogP contribution in [0.1, 0.15) is 15.9 Å². The molecule has 0 fully saturated rings. The molecule has 0 atom stereocenters. The SMILES string of the molecule is CN(Cc1ccc2c(c1)OCO2)C(=O)c1ccccc1N. The number of nitrogens with two attached hydrogens (primary N) is 1. The third kappa shape index (κ3) is 2.63. The standard InChI is InChI=1S/C16H16N2O3/c1-18(16(19)12-4-2-3-5-13(12)17)9-11-6-7-14-15(8-11)21-10-20-14/h2-8H,9-10,17H2,1H3. The van der Waals surface area contributed by atoms with E-state index in [1.54, 1.807) is 30.1 Å². The molecule has 3 rings (SSSR count). The highest BCUT2D eigenvalue weighted by Crippen LogP contribution is 2.32. The molecule has 21 heavy (non-hydrogen) atoms. The number of ether oxygens (including phenoxy) is 2. The van der Waals surface area contributed by atoms with E-state index in [0.29, 0.717) is 23.5 Å². The topological polar surface area (TPSA) is 64.8 Å². The van der Waals surface area contributed by atoms with Crippen molar-refractivity contribution in [2.24, 2.45) is 0 Å². The van der Waals surface area contributed by atoms with Gasteiger partial charge in [0.25, 0.3) is 5.91 Å². The zero-order valence-electron chi connectivity index (χ0n) is 11.7. The van der Waals surface area contributed by atoms with Gasteiger partial charge in [-0.15, -0.1) is 0 Å². The van der Waals surface area contributed by atoms with Gasteiger partial charge in [-0.05, 0) is 29.8 Å². The minimum Gasteiger partial charge on any atom is -0.454 e. The molecule has 5 nitrogen and oxygen atoms in total. The van der Waals surface area contributed by atoms with Crippen molar-refractivity contribution in [2.45, 2.75) is 6.54 Å². The first kappa shape index (κ1) is 13.3. The van der Waals surface area contributed by atoms with E-state index in [1.165, 1.54) is 0 Å². The van der Waals surface area contributed by atoms with E-state index in [4.69, 9.17) is 15.2 Å². The molecular formula is C16H16N2O3. The first-order chi connectivity index (χ1) is 10.1. The van der Waals surface area contributed by atoms with Crippen LogP contribution in [0.5, 0.6) is 11.5 Å². The van der Waals surface area contributed by atoms with E-state index in [1.807, 2.05) is 24.3 Å². The van der Waals surface area contributed by atoms with E-state index in [0.717, 1.165) is 11.3 Å². The Morgan fingerprint density at radius 1 is 1.19 bits per heavy atom. The van der Waals surface area contributed by atoms with Gasteiger partial charge < -0.3 is 20.1 Å². The van der Waals surface area contributed by atoms with Crippen LogP contribution in [0.4, 0.5) is 5.69 Å². The molecule has 0 saturated heterocycles. The number of nitrogens with zero attached hydrogens (tertiary/aromatic N) is 1. The Balaban J connectivity index is 1.76. The number of carbonyl (C=O) groups excluding carboxylic acids is 1. The summed E-state index contributed by atoms with van der Waals surface area (Å²) < 4.78 is 10.6. The van der Waals surface area contributed by atoms with Gasteiger partial charge in [0.15, 0.2) is 11.5 Å². The zero-order valence-corrected chi connectivity index (χ0v) is 11.7. The molecule has 0 aliphatic carbocycles. The van der Waals surface area contributed by atoms with E-state index < -0.39 is 0 Å². The number of nitrogen functional groups attached to an aromatic ring is 1. The van der Waals surface area contributed by atoms with Crippen LogP contribution < -0.4 is 15.2 Å². The first-order valence-electron chi connectivity index (χ1n) is 6.63. The summed E-state index contributed by atoms with van der Waals surface area (Å²) in [4.78, 5) is 14.0. The molecule has 2 N–H and O–H groups in total. The van der Waals surface area contributed by atoms with Gasteiger partial charge in [0.2, 0.25) is 6.79 Å². The predicted octanol–water partition coefficient (Wildman–Crippen LogP) is 2.27. The molecule has 2 aromatic carbocycles. The summed E-state index contributed by atoms with van der Waals surface area (Å²) in [6.45, 7) is 0.720. The van der Waals surface area contributed by atoms with Gasteiger partial charge >= 0.3 is 0 Å². The molecule has 0 saturated carbocycles. The summed E-state index contributed by atoms with van der Waals surface area (Å²) in [5.41, 5.74) is 7.82. The number of hydrogen-bond donors (Lipinski definition) is 1. The molecule has 108 valence electrons. The summed E-state index contributed by atoms with van der Waals surface area (Å²) >= 11 is 0. The number of benzene rings is 2. The van der Waals surface area contributed by atoms with Gasteiger partial charge in [0.1, 0.15) is 0 Å². The van der Waals surface area contributed by atoms with Crippen molar-refractivity contribution in [3.63, 3.8) is 0 Å². The van der Waals surface area contributed by atoms with Gasteiger partial charge in [0.05, 0.1) is 5.56 Å². The Bertz CT molecular complexity index is 685. The first-order valence-corrected chi connectivity index (χ1v) is 6.63. The minimum atomic E-state index is -0.106. The van der Waals surface area contributed by atoms with Gasteiger partial charge in [-0.3, -0.25) is 4.79 Å². The van der Waals surface area contributed by atoms with E-state index >= 15 is 0 Å². The Morgan fingerprint density at radius 3 is 2.76 bits per heavy atom. The van der Waals surface area contributed by atoms with Crippen molar-refractivity contribution in [2.75, 3.05) is 19.6 Å². The molecular weight excluding hydrogens is 268 g/mol. The van der Waals surface area contributed by atoms with Crippen LogP contribution in [0.2, 0.25) is 0 Å². The molecule has 0 unspecified atom stereocenters. The largest absolute Gasteiger partial charge is 0.454 e. The van der Waals surface area contributed by atoms with Gasteiger partial charge in [-0.25, -0.2) is 0 Å². The maximum Gasteiger partial charge on any atom is 0.255 e. The molecule has 1 heterocycles. The highest BCUT2D eigenvalue weighted by Gasteiger charge is 2.17. The van der Waals surface area contributed by atoms with E-state index in [2.05, 4.69) is 0 Å². The molecule has 0 aromatic heterocycles. The lowest BCUT2D eigenvalue weighted by molar-refractivity contribution is 0.0786. The molecule has 1 aliphatic heterocycles. The van der Waals surface area contributed by atoms with Crippen molar-refractivity contribution < 1.29 is 14.3 Å². The lowest BCUT2D eigenvalue weighted by Crippen LogP contribution is -2.26. The van der Waals surface area contributed by atoms with Crippen molar-refractivity contribution in [1.82, 2.24) is 4.90 Å². The monoisotopic (exact) mass is 284 g/mol. The van der Waals surface area contributed by atoms with Crippen molar-refractivity contribution >= 4 is 11.6 Å². The third-order valence-corrected chi connectivity index (χ3v) is 3.39. The summed E-state index contributed by atoms with van der Waals surface area (Å²) in [6, 6.07) is 12.7. The number of hydrogen-bond acceptors (Lipinski definition) is 4. The lowest BCUT2D eigenvalue weighted by atomic mass is 10.1. The van der Waals surface area contributed by atoms with Gasteiger partial charge in [-0.2, -0.15) is 0 Å². The molecule has 1 amide bonds. The molecule has 2 aromatic rings. The van der Waals surface area contributed by atoms with Crippen molar-refractivity contribution in [1.29, 1.82) is 0 Å². The predicted molar refractivity (Wildman–Crippen MR) is 79.2 cm³/mol. The van der Waals surface area contributed by atoms with Crippen LogP contribution >= 0.6 is 0 Å². The molecule has 0 spiro atoms. The summed E-state index contributed by atoms with van der Waals surface area (Å²) in [6.07, 6.45) is 0. The average molecular weight is 284 g/mol. The summed E-state index contributed by atoms with van der Waals surface area (Å²) in [7, 11) is 1.75. The zero-order chi connectivity index (χ0) is 14.8.